The zero-order valence-electron chi connectivity index (χ0n) is 17.7. The molecule has 9 nitrogen and oxygen atoms in total. The number of piperazine rings is 1. The summed E-state index contributed by atoms with van der Waals surface area (Å²) in [5, 5.41) is 20.4. The van der Waals surface area contributed by atoms with Crippen molar-refractivity contribution >= 4 is 17.2 Å². The van der Waals surface area contributed by atoms with Gasteiger partial charge in [0.25, 0.3) is 0 Å². The molecule has 164 valence electrons. The maximum atomic E-state index is 12.9. The SMILES string of the molecule is Cc1cc([C@@H]2CN3CCN(C(=O)Cc4ccc(-n5cnnn5)cc4)C[C@H]3CO2)sc1C#N. The van der Waals surface area contributed by atoms with E-state index in [1.54, 1.807) is 11.0 Å². The first kappa shape index (κ1) is 20.8. The highest BCUT2D eigenvalue weighted by Crippen LogP contribution is 2.33. The van der Waals surface area contributed by atoms with Crippen LogP contribution in [0.2, 0.25) is 0 Å². The Morgan fingerprint density at radius 1 is 1.28 bits per heavy atom. The minimum absolute atomic E-state index is 0.00185. The molecule has 2 aromatic heterocycles. The van der Waals surface area contributed by atoms with Crippen molar-refractivity contribution in [3.8, 4) is 11.8 Å². The van der Waals surface area contributed by atoms with Crippen LogP contribution in [0, 0.1) is 18.3 Å². The molecule has 0 unspecified atom stereocenters. The van der Waals surface area contributed by atoms with Gasteiger partial charge >= 0.3 is 0 Å². The summed E-state index contributed by atoms with van der Waals surface area (Å²) < 4.78 is 7.73. The maximum absolute atomic E-state index is 12.9. The number of hydrogen-bond donors (Lipinski definition) is 0. The standard InChI is InChI=1S/C22H23N7O2S/c1-15-8-20(32-21(15)10-23)19-12-27-6-7-28(11-18(27)13-31-19)22(30)9-16-2-4-17(5-3-16)29-14-24-25-26-29/h2-5,8,14,18-19H,6-7,9,11-13H2,1H3/t18-,19-/m0/s1. The molecule has 0 spiro atoms. The van der Waals surface area contributed by atoms with Crippen molar-refractivity contribution in [2.24, 2.45) is 0 Å². The minimum atomic E-state index is -0.00185. The first-order valence-corrected chi connectivity index (χ1v) is 11.4. The van der Waals surface area contributed by atoms with Crippen LogP contribution in [0.3, 0.4) is 0 Å². The quantitative estimate of drug-likeness (QED) is 0.598. The summed E-state index contributed by atoms with van der Waals surface area (Å²) in [6, 6.07) is 12.2. The Labute approximate surface area is 189 Å². The highest BCUT2D eigenvalue weighted by molar-refractivity contribution is 7.12. The number of fused-ring (bicyclic) bond motifs is 1. The fourth-order valence-electron chi connectivity index (χ4n) is 4.29. The Kier molecular flexibility index (Phi) is 5.70. The van der Waals surface area contributed by atoms with Crippen LogP contribution in [0.15, 0.2) is 36.7 Å². The Bertz CT molecular complexity index is 1140. The van der Waals surface area contributed by atoms with E-state index < -0.39 is 0 Å². The second kappa shape index (κ2) is 8.78. The third-order valence-corrected chi connectivity index (χ3v) is 7.34. The van der Waals surface area contributed by atoms with E-state index in [1.807, 2.05) is 36.1 Å². The van der Waals surface area contributed by atoms with Crippen LogP contribution in [-0.2, 0) is 16.0 Å². The molecule has 2 aliphatic heterocycles. The van der Waals surface area contributed by atoms with Gasteiger partial charge in [-0.05, 0) is 46.7 Å². The molecular weight excluding hydrogens is 426 g/mol. The van der Waals surface area contributed by atoms with E-state index in [1.165, 1.54) is 11.3 Å². The van der Waals surface area contributed by atoms with Gasteiger partial charge in [0.05, 0.1) is 24.8 Å². The van der Waals surface area contributed by atoms with Crippen LogP contribution in [0.4, 0.5) is 0 Å². The Hall–Kier alpha value is -3.13. The van der Waals surface area contributed by atoms with Gasteiger partial charge in [-0.15, -0.1) is 16.4 Å². The first-order chi connectivity index (χ1) is 15.6. The second-order valence-corrected chi connectivity index (χ2v) is 9.26. The van der Waals surface area contributed by atoms with E-state index in [-0.39, 0.29) is 18.1 Å². The fourth-order valence-corrected chi connectivity index (χ4v) is 5.30. The lowest BCUT2D eigenvalue weighted by Crippen LogP contribution is -2.59. The number of nitriles is 1. The third kappa shape index (κ3) is 4.14. The summed E-state index contributed by atoms with van der Waals surface area (Å²) in [4.78, 5) is 19.1. The number of aromatic nitrogens is 4. The van der Waals surface area contributed by atoms with Crippen LogP contribution in [0.25, 0.3) is 5.69 Å². The average molecular weight is 450 g/mol. The first-order valence-electron chi connectivity index (χ1n) is 10.6. The number of carbonyl (C=O) groups excluding carboxylic acids is 1. The Balaban J connectivity index is 1.17. The number of hydrogen-bond acceptors (Lipinski definition) is 8. The topological polar surface area (TPSA) is 100 Å². The average Bonchev–Trinajstić information content (AvgIpc) is 3.49. The zero-order chi connectivity index (χ0) is 22.1. The number of rotatable bonds is 4. The molecule has 2 fully saturated rings. The molecule has 0 bridgehead atoms. The minimum Gasteiger partial charge on any atom is -0.370 e. The lowest BCUT2D eigenvalue weighted by atomic mass is 10.1. The van der Waals surface area contributed by atoms with Crippen molar-refractivity contribution in [3.05, 3.63) is 57.5 Å². The molecule has 10 heteroatoms. The van der Waals surface area contributed by atoms with E-state index >= 15 is 0 Å². The monoisotopic (exact) mass is 449 g/mol. The fraction of sp³-hybridized carbons (Fsp3) is 0.409. The van der Waals surface area contributed by atoms with Gasteiger partial charge < -0.3 is 9.64 Å². The summed E-state index contributed by atoms with van der Waals surface area (Å²) in [5.41, 5.74) is 2.84. The number of carbonyl (C=O) groups is 1. The van der Waals surface area contributed by atoms with Gasteiger partial charge in [-0.1, -0.05) is 12.1 Å². The number of thiophene rings is 1. The highest BCUT2D eigenvalue weighted by Gasteiger charge is 2.36. The van der Waals surface area contributed by atoms with E-state index in [0.29, 0.717) is 19.6 Å². The molecule has 32 heavy (non-hydrogen) atoms. The molecule has 0 aliphatic carbocycles. The smallest absolute Gasteiger partial charge is 0.227 e. The van der Waals surface area contributed by atoms with Gasteiger partial charge in [-0.3, -0.25) is 9.69 Å². The van der Waals surface area contributed by atoms with Crippen LogP contribution < -0.4 is 0 Å². The summed E-state index contributed by atoms with van der Waals surface area (Å²) in [6.45, 7) is 5.60. The molecule has 0 saturated carbocycles. The lowest BCUT2D eigenvalue weighted by Gasteiger charge is -2.46. The Morgan fingerprint density at radius 2 is 2.12 bits per heavy atom. The predicted octanol–water partition coefficient (Wildman–Crippen LogP) is 1.73. The molecule has 0 radical (unpaired) electrons. The van der Waals surface area contributed by atoms with Gasteiger partial charge in [-0.2, -0.15) is 5.26 Å². The van der Waals surface area contributed by atoms with Crippen molar-refractivity contribution in [2.45, 2.75) is 25.5 Å². The highest BCUT2D eigenvalue weighted by atomic mass is 32.1. The summed E-state index contributed by atoms with van der Waals surface area (Å²) in [5.74, 6) is 0.134. The zero-order valence-corrected chi connectivity index (χ0v) is 18.5. The largest absolute Gasteiger partial charge is 0.370 e. The van der Waals surface area contributed by atoms with Crippen molar-refractivity contribution in [1.29, 1.82) is 5.26 Å². The lowest BCUT2D eigenvalue weighted by molar-refractivity contribution is -0.139. The number of ether oxygens (including phenoxy) is 1. The number of morpholine rings is 1. The van der Waals surface area contributed by atoms with E-state index in [2.05, 4.69) is 32.6 Å². The van der Waals surface area contributed by atoms with E-state index in [9.17, 15) is 10.1 Å². The van der Waals surface area contributed by atoms with Crippen LogP contribution >= 0.6 is 11.3 Å². The Morgan fingerprint density at radius 3 is 2.84 bits per heavy atom. The van der Waals surface area contributed by atoms with Crippen LogP contribution in [0.5, 0.6) is 0 Å². The normalized spacial score (nSPS) is 21.2. The maximum Gasteiger partial charge on any atom is 0.227 e. The molecule has 3 aromatic rings. The van der Waals surface area contributed by atoms with E-state index in [0.717, 1.165) is 46.2 Å². The molecule has 2 saturated heterocycles. The number of aryl methyl sites for hydroxylation is 1. The molecule has 0 N–H and O–H groups in total. The summed E-state index contributed by atoms with van der Waals surface area (Å²) in [7, 11) is 0. The molecule has 5 rings (SSSR count). The van der Waals surface area contributed by atoms with Gasteiger partial charge in [0.2, 0.25) is 5.91 Å². The van der Waals surface area contributed by atoms with Gasteiger partial charge in [0.15, 0.2) is 0 Å². The summed E-state index contributed by atoms with van der Waals surface area (Å²) in [6.07, 6.45) is 1.91. The number of amides is 1. The second-order valence-electron chi connectivity index (χ2n) is 8.18. The number of nitrogens with zero attached hydrogens (tertiary/aromatic N) is 7. The number of benzene rings is 1. The molecular formula is C22H23N7O2S. The van der Waals surface area contributed by atoms with Gasteiger partial charge in [-0.25, -0.2) is 4.68 Å². The molecule has 1 aromatic carbocycles. The third-order valence-electron chi connectivity index (χ3n) is 6.11. The van der Waals surface area contributed by atoms with E-state index in [4.69, 9.17) is 4.74 Å². The number of tetrazole rings is 1. The molecule has 1 amide bonds. The van der Waals surface area contributed by atoms with Crippen LogP contribution in [0.1, 0.15) is 27.0 Å². The summed E-state index contributed by atoms with van der Waals surface area (Å²) >= 11 is 1.52. The predicted molar refractivity (Wildman–Crippen MR) is 117 cm³/mol. The van der Waals surface area contributed by atoms with Gasteiger partial charge in [0.1, 0.15) is 23.4 Å². The van der Waals surface area contributed by atoms with Crippen molar-refractivity contribution in [2.75, 3.05) is 32.8 Å². The molecule has 2 atom stereocenters. The molecule has 4 heterocycles. The molecule has 2 aliphatic rings. The van der Waals surface area contributed by atoms with Crippen molar-refractivity contribution in [1.82, 2.24) is 30.0 Å². The van der Waals surface area contributed by atoms with Gasteiger partial charge in [0, 0.05) is 31.1 Å². The van der Waals surface area contributed by atoms with Crippen molar-refractivity contribution in [3.63, 3.8) is 0 Å². The van der Waals surface area contributed by atoms with Crippen LogP contribution in [-0.4, -0.2) is 74.7 Å². The van der Waals surface area contributed by atoms with Crippen molar-refractivity contribution < 1.29 is 9.53 Å².